The molecule has 0 bridgehead atoms. The summed E-state index contributed by atoms with van der Waals surface area (Å²) in [5.74, 6) is 2.09. The summed E-state index contributed by atoms with van der Waals surface area (Å²) >= 11 is 0. The Labute approximate surface area is 130 Å². The Morgan fingerprint density at radius 2 is 2.32 bits per heavy atom. The summed E-state index contributed by atoms with van der Waals surface area (Å²) in [6.07, 6.45) is 2.58. The van der Waals surface area contributed by atoms with Crippen LogP contribution in [0.5, 0.6) is 0 Å². The van der Waals surface area contributed by atoms with Gasteiger partial charge in [-0.05, 0) is 26.7 Å². The van der Waals surface area contributed by atoms with E-state index >= 15 is 0 Å². The quantitative estimate of drug-likeness (QED) is 0.431. The van der Waals surface area contributed by atoms with Crippen molar-refractivity contribution in [1.29, 1.82) is 0 Å². The second-order valence-electron chi connectivity index (χ2n) is 5.20. The molecule has 122 valence electrons. The van der Waals surface area contributed by atoms with E-state index in [1.165, 1.54) is 0 Å². The van der Waals surface area contributed by atoms with Crippen molar-refractivity contribution in [2.45, 2.75) is 39.7 Å². The van der Waals surface area contributed by atoms with Gasteiger partial charge in [0.1, 0.15) is 6.54 Å². The third-order valence-electron chi connectivity index (χ3n) is 3.35. The molecule has 1 fully saturated rings. The number of aryl methyl sites for hydroxylation is 1. The second-order valence-corrected chi connectivity index (χ2v) is 5.20. The van der Waals surface area contributed by atoms with E-state index < -0.39 is 0 Å². The van der Waals surface area contributed by atoms with Gasteiger partial charge in [0, 0.05) is 32.6 Å². The Bertz CT molecular complexity index is 513. The maximum absolute atomic E-state index is 11.5. The molecule has 2 heterocycles. The van der Waals surface area contributed by atoms with Gasteiger partial charge in [0.05, 0.1) is 0 Å². The molecule has 2 rings (SSSR count). The standard InChI is InChI=1S/C14H24N6O2/c1-3-15-14(17-10-12-18-11(2)19-22-12)16-7-5-9-20-8-4-6-13(20)21/h3-10H2,1-2H3,(H2,15,16,17). The van der Waals surface area contributed by atoms with Crippen molar-refractivity contribution in [3.05, 3.63) is 11.7 Å². The molecule has 1 amide bonds. The lowest BCUT2D eigenvalue weighted by Crippen LogP contribution is -2.39. The van der Waals surface area contributed by atoms with Crippen LogP contribution >= 0.6 is 0 Å². The first kappa shape index (κ1) is 16.3. The fourth-order valence-corrected chi connectivity index (χ4v) is 2.31. The van der Waals surface area contributed by atoms with E-state index in [2.05, 4.69) is 25.8 Å². The molecule has 8 heteroatoms. The number of rotatable bonds is 7. The molecule has 0 aliphatic carbocycles. The van der Waals surface area contributed by atoms with Crippen LogP contribution in [-0.2, 0) is 11.3 Å². The Morgan fingerprint density at radius 1 is 1.45 bits per heavy atom. The molecule has 2 N–H and O–H groups in total. The number of nitrogens with zero attached hydrogens (tertiary/aromatic N) is 4. The van der Waals surface area contributed by atoms with Gasteiger partial charge in [0.25, 0.3) is 0 Å². The van der Waals surface area contributed by atoms with E-state index in [9.17, 15) is 4.79 Å². The summed E-state index contributed by atoms with van der Waals surface area (Å²) in [5.41, 5.74) is 0. The SMILES string of the molecule is CCNC(=NCc1nc(C)no1)NCCCN1CCCC1=O. The van der Waals surface area contributed by atoms with Crippen molar-refractivity contribution >= 4 is 11.9 Å². The molecular weight excluding hydrogens is 284 g/mol. The van der Waals surface area contributed by atoms with Crippen LogP contribution in [0.3, 0.4) is 0 Å². The Balaban J connectivity index is 1.72. The third kappa shape index (κ3) is 5.01. The summed E-state index contributed by atoms with van der Waals surface area (Å²) in [4.78, 5) is 22.0. The number of nitrogens with one attached hydrogen (secondary N) is 2. The normalized spacial score (nSPS) is 15.5. The van der Waals surface area contributed by atoms with Crippen LogP contribution in [-0.4, -0.2) is 53.1 Å². The number of carbonyl (C=O) groups is 1. The maximum Gasteiger partial charge on any atom is 0.248 e. The van der Waals surface area contributed by atoms with Gasteiger partial charge in [-0.15, -0.1) is 0 Å². The van der Waals surface area contributed by atoms with Crippen LogP contribution in [0.2, 0.25) is 0 Å². The predicted molar refractivity (Wildman–Crippen MR) is 82.3 cm³/mol. The first-order valence-corrected chi connectivity index (χ1v) is 7.78. The number of carbonyl (C=O) groups excluding carboxylic acids is 1. The number of hydrogen-bond donors (Lipinski definition) is 2. The van der Waals surface area contributed by atoms with Gasteiger partial charge in [-0.2, -0.15) is 4.98 Å². The van der Waals surface area contributed by atoms with Crippen molar-refractivity contribution in [3.8, 4) is 0 Å². The van der Waals surface area contributed by atoms with Crippen LogP contribution < -0.4 is 10.6 Å². The molecular formula is C14H24N6O2. The number of guanidine groups is 1. The number of aliphatic imine (C=N–C) groups is 1. The smallest absolute Gasteiger partial charge is 0.248 e. The molecule has 1 aromatic heterocycles. The monoisotopic (exact) mass is 308 g/mol. The first-order chi connectivity index (χ1) is 10.7. The van der Waals surface area contributed by atoms with Crippen molar-refractivity contribution in [3.63, 3.8) is 0 Å². The Morgan fingerprint density at radius 3 is 2.95 bits per heavy atom. The fraction of sp³-hybridized carbons (Fsp3) is 0.714. The zero-order chi connectivity index (χ0) is 15.8. The molecule has 0 saturated carbocycles. The van der Waals surface area contributed by atoms with Crippen LogP contribution in [0.25, 0.3) is 0 Å². The molecule has 22 heavy (non-hydrogen) atoms. The van der Waals surface area contributed by atoms with E-state index in [1.807, 2.05) is 11.8 Å². The molecule has 0 spiro atoms. The molecule has 1 aliphatic rings. The van der Waals surface area contributed by atoms with E-state index in [1.54, 1.807) is 6.92 Å². The summed E-state index contributed by atoms with van der Waals surface area (Å²) in [6, 6.07) is 0. The lowest BCUT2D eigenvalue weighted by molar-refractivity contribution is -0.127. The molecule has 0 atom stereocenters. The molecule has 1 saturated heterocycles. The van der Waals surface area contributed by atoms with E-state index in [4.69, 9.17) is 4.52 Å². The first-order valence-electron chi connectivity index (χ1n) is 7.78. The highest BCUT2D eigenvalue weighted by Crippen LogP contribution is 2.09. The van der Waals surface area contributed by atoms with E-state index in [0.717, 1.165) is 39.0 Å². The van der Waals surface area contributed by atoms with E-state index in [0.29, 0.717) is 30.6 Å². The number of amides is 1. The van der Waals surface area contributed by atoms with Gasteiger partial charge < -0.3 is 20.1 Å². The second kappa shape index (κ2) is 8.35. The fourth-order valence-electron chi connectivity index (χ4n) is 2.31. The van der Waals surface area contributed by atoms with Crippen LogP contribution in [0.4, 0.5) is 0 Å². The van der Waals surface area contributed by atoms with Crippen LogP contribution in [0.1, 0.15) is 37.9 Å². The topological polar surface area (TPSA) is 95.7 Å². The molecule has 8 nitrogen and oxygen atoms in total. The average molecular weight is 308 g/mol. The van der Waals surface area contributed by atoms with Crippen molar-refractivity contribution in [2.75, 3.05) is 26.2 Å². The highest BCUT2D eigenvalue weighted by Gasteiger charge is 2.18. The lowest BCUT2D eigenvalue weighted by atomic mass is 10.4. The minimum absolute atomic E-state index is 0.271. The highest BCUT2D eigenvalue weighted by atomic mass is 16.5. The van der Waals surface area contributed by atoms with Gasteiger partial charge in [-0.3, -0.25) is 4.79 Å². The Kier molecular flexibility index (Phi) is 6.17. The van der Waals surface area contributed by atoms with Gasteiger partial charge in [-0.25, -0.2) is 4.99 Å². The molecule has 0 unspecified atom stereocenters. The van der Waals surface area contributed by atoms with Crippen LogP contribution in [0.15, 0.2) is 9.52 Å². The van der Waals surface area contributed by atoms with Gasteiger partial charge in [0.15, 0.2) is 11.8 Å². The van der Waals surface area contributed by atoms with E-state index in [-0.39, 0.29) is 5.91 Å². The molecule has 0 radical (unpaired) electrons. The summed E-state index contributed by atoms with van der Waals surface area (Å²) in [7, 11) is 0. The molecule has 1 aliphatic heterocycles. The minimum Gasteiger partial charge on any atom is -0.357 e. The van der Waals surface area contributed by atoms with Gasteiger partial charge in [-0.1, -0.05) is 5.16 Å². The largest absolute Gasteiger partial charge is 0.357 e. The maximum atomic E-state index is 11.5. The highest BCUT2D eigenvalue weighted by molar-refractivity contribution is 5.79. The molecule has 0 aromatic carbocycles. The van der Waals surface area contributed by atoms with Gasteiger partial charge in [0.2, 0.25) is 11.8 Å². The zero-order valence-corrected chi connectivity index (χ0v) is 13.3. The predicted octanol–water partition coefficient (Wildman–Crippen LogP) is 0.446. The molecule has 1 aromatic rings. The minimum atomic E-state index is 0.271. The number of hydrogen-bond acceptors (Lipinski definition) is 5. The van der Waals surface area contributed by atoms with Crippen molar-refractivity contribution < 1.29 is 9.32 Å². The van der Waals surface area contributed by atoms with Crippen molar-refractivity contribution in [1.82, 2.24) is 25.7 Å². The summed E-state index contributed by atoms with van der Waals surface area (Å²) < 4.78 is 5.03. The van der Waals surface area contributed by atoms with Gasteiger partial charge >= 0.3 is 0 Å². The number of aromatic nitrogens is 2. The number of likely N-dealkylation sites (tertiary alicyclic amines) is 1. The summed E-state index contributed by atoms with van der Waals surface area (Å²) in [5, 5.41) is 10.1. The average Bonchev–Trinajstić information content (AvgIpc) is 3.09. The summed E-state index contributed by atoms with van der Waals surface area (Å²) in [6.45, 7) is 7.37. The Hall–Kier alpha value is -2.12. The van der Waals surface area contributed by atoms with Crippen LogP contribution in [0, 0.1) is 6.92 Å². The van der Waals surface area contributed by atoms with Crippen molar-refractivity contribution in [2.24, 2.45) is 4.99 Å². The third-order valence-corrected chi connectivity index (χ3v) is 3.35. The lowest BCUT2D eigenvalue weighted by Gasteiger charge is -2.16. The zero-order valence-electron chi connectivity index (χ0n) is 13.3.